The number of anilines is 1. The van der Waals surface area contributed by atoms with Crippen LogP contribution in [0.5, 0.6) is 5.75 Å². The topological polar surface area (TPSA) is 77.6 Å². The average Bonchev–Trinajstić information content (AvgIpc) is 3.49. The van der Waals surface area contributed by atoms with Crippen LogP contribution in [-0.2, 0) is 11.3 Å². The molecule has 0 saturated heterocycles. The maximum atomic E-state index is 14.1. The van der Waals surface area contributed by atoms with Crippen molar-refractivity contribution in [3.8, 4) is 18.1 Å². The maximum Gasteiger partial charge on any atom is 0.271 e. The van der Waals surface area contributed by atoms with Crippen molar-refractivity contribution in [3.05, 3.63) is 127 Å². The number of amides is 1. The van der Waals surface area contributed by atoms with Gasteiger partial charge in [0.05, 0.1) is 35.5 Å². The predicted molar refractivity (Wildman–Crippen MR) is 163 cm³/mol. The van der Waals surface area contributed by atoms with Gasteiger partial charge in [0.25, 0.3) is 11.5 Å². The third-order valence-corrected chi connectivity index (χ3v) is 8.06. The van der Waals surface area contributed by atoms with Gasteiger partial charge in [-0.2, -0.15) is 0 Å². The van der Waals surface area contributed by atoms with E-state index in [-0.39, 0.29) is 11.5 Å². The van der Waals surface area contributed by atoms with Gasteiger partial charge in [-0.15, -0.1) is 6.42 Å². The molecule has 0 unspecified atom stereocenters. The van der Waals surface area contributed by atoms with E-state index in [9.17, 15) is 9.59 Å². The molecular weight excluding hydrogens is 532 g/mol. The Morgan fingerprint density at radius 3 is 2.68 bits per heavy atom. The van der Waals surface area contributed by atoms with Gasteiger partial charge >= 0.3 is 0 Å². The molecule has 0 radical (unpaired) electrons. The molecule has 1 aliphatic rings. The zero-order chi connectivity index (χ0) is 28.5. The number of rotatable bonds is 6. The molecule has 1 atom stereocenters. The molecule has 5 aromatic rings. The first-order chi connectivity index (χ1) is 20.0. The van der Waals surface area contributed by atoms with Gasteiger partial charge in [-0.1, -0.05) is 65.8 Å². The fourth-order valence-corrected chi connectivity index (χ4v) is 6.26. The normalized spacial score (nSPS) is 14.9. The second-order valence-electron chi connectivity index (χ2n) is 9.61. The minimum absolute atomic E-state index is 0.229. The number of hydrogen-bond acceptors (Lipinski definition) is 5. The number of methoxy groups -OCH3 is 1. The molecule has 8 heteroatoms. The number of terminal acetylenes is 1. The van der Waals surface area contributed by atoms with Crippen LogP contribution in [0.25, 0.3) is 17.0 Å². The van der Waals surface area contributed by atoms with E-state index in [1.807, 2.05) is 95.7 Å². The highest BCUT2D eigenvalue weighted by atomic mass is 32.1. The molecule has 2 aromatic heterocycles. The molecule has 1 amide bonds. The maximum absolute atomic E-state index is 14.1. The highest BCUT2D eigenvalue weighted by Gasteiger charge is 2.32. The molecule has 0 bridgehead atoms. The first kappa shape index (κ1) is 26.1. The number of aromatic nitrogens is 2. The molecular formula is C33H26N4O3S. The molecule has 0 aliphatic carbocycles. The quantitative estimate of drug-likeness (QED) is 0.313. The molecule has 7 nitrogen and oxygen atoms in total. The zero-order valence-electron chi connectivity index (χ0n) is 22.5. The van der Waals surface area contributed by atoms with Crippen LogP contribution >= 0.6 is 11.3 Å². The number of fused-ring (bicyclic) bond motifs is 2. The highest BCUT2D eigenvalue weighted by Crippen LogP contribution is 2.32. The van der Waals surface area contributed by atoms with E-state index in [1.165, 1.54) is 11.3 Å². The summed E-state index contributed by atoms with van der Waals surface area (Å²) in [6, 6.07) is 23.9. The summed E-state index contributed by atoms with van der Waals surface area (Å²) in [5.41, 5.74) is 3.99. The molecule has 0 spiro atoms. The minimum atomic E-state index is -0.699. The Kier molecular flexibility index (Phi) is 6.88. The van der Waals surface area contributed by atoms with Crippen molar-refractivity contribution >= 4 is 39.9 Å². The second-order valence-corrected chi connectivity index (χ2v) is 10.6. The third kappa shape index (κ3) is 4.77. The molecule has 6 rings (SSSR count). The first-order valence-electron chi connectivity index (χ1n) is 13.0. The van der Waals surface area contributed by atoms with Crippen molar-refractivity contribution in [2.24, 2.45) is 4.99 Å². The van der Waals surface area contributed by atoms with Gasteiger partial charge in [-0.3, -0.25) is 14.2 Å². The Morgan fingerprint density at radius 1 is 1.12 bits per heavy atom. The van der Waals surface area contributed by atoms with E-state index >= 15 is 0 Å². The predicted octanol–water partition coefficient (Wildman–Crippen LogP) is 4.47. The molecule has 0 fully saturated rings. The van der Waals surface area contributed by atoms with Gasteiger partial charge in [0, 0.05) is 28.4 Å². The van der Waals surface area contributed by atoms with E-state index in [1.54, 1.807) is 18.6 Å². The summed E-state index contributed by atoms with van der Waals surface area (Å²) in [4.78, 5) is 33.1. The van der Waals surface area contributed by atoms with Crippen LogP contribution in [0.1, 0.15) is 24.1 Å². The van der Waals surface area contributed by atoms with Gasteiger partial charge in [0.2, 0.25) is 0 Å². The Labute approximate surface area is 240 Å². The van der Waals surface area contributed by atoms with Crippen LogP contribution in [0.15, 0.2) is 106 Å². The van der Waals surface area contributed by atoms with Crippen molar-refractivity contribution in [3.63, 3.8) is 0 Å². The summed E-state index contributed by atoms with van der Waals surface area (Å²) < 4.78 is 9.60. The van der Waals surface area contributed by atoms with Crippen LogP contribution in [0.4, 0.5) is 5.69 Å². The number of ether oxygens (including phenoxy) is 1. The largest absolute Gasteiger partial charge is 0.497 e. The van der Waals surface area contributed by atoms with E-state index in [0.29, 0.717) is 38.6 Å². The fourth-order valence-electron chi connectivity index (χ4n) is 5.22. The smallest absolute Gasteiger partial charge is 0.271 e. The van der Waals surface area contributed by atoms with E-state index in [2.05, 4.69) is 11.2 Å². The van der Waals surface area contributed by atoms with E-state index < -0.39 is 6.04 Å². The number of benzene rings is 3. The molecule has 1 N–H and O–H groups in total. The SMILES string of the molecule is C#CCn1cc(/C=c2\sc3n(c2=O)[C@H](c2cccc(OC)c2)C(C(=O)Nc2ccccc2)=C(C)N=3)c2ccccc21. The minimum Gasteiger partial charge on any atom is -0.497 e. The number of thiazole rings is 1. The molecule has 202 valence electrons. The van der Waals surface area contributed by atoms with Crippen LogP contribution in [0.2, 0.25) is 0 Å². The number of nitrogens with zero attached hydrogens (tertiary/aromatic N) is 3. The molecule has 41 heavy (non-hydrogen) atoms. The van der Waals surface area contributed by atoms with Gasteiger partial charge < -0.3 is 14.6 Å². The summed E-state index contributed by atoms with van der Waals surface area (Å²) in [5, 5.41) is 3.97. The van der Waals surface area contributed by atoms with Crippen LogP contribution < -0.4 is 24.9 Å². The van der Waals surface area contributed by atoms with Crippen LogP contribution in [-0.4, -0.2) is 22.2 Å². The molecule has 3 heterocycles. The number of nitrogens with one attached hydrogen (secondary N) is 1. The van der Waals surface area contributed by atoms with Gasteiger partial charge in [-0.25, -0.2) is 4.99 Å². The lowest BCUT2D eigenvalue weighted by atomic mass is 9.95. The Bertz CT molecular complexity index is 2060. The zero-order valence-corrected chi connectivity index (χ0v) is 23.3. The summed E-state index contributed by atoms with van der Waals surface area (Å²) in [7, 11) is 1.59. The summed E-state index contributed by atoms with van der Waals surface area (Å²) >= 11 is 1.30. The standard InChI is InChI=1S/C33H26N4O3S/c1-4-17-36-20-23(26-15-8-9-16-27(26)36)19-28-32(39)37-30(22-11-10-14-25(18-22)40-3)29(21(2)34-33(37)41-28)31(38)35-24-12-6-5-7-13-24/h1,5-16,18-20,30H,17H2,2-3H3,(H,35,38)/b28-19-/t30-/m1/s1. The summed E-state index contributed by atoms with van der Waals surface area (Å²) in [5.74, 6) is 3.00. The van der Waals surface area contributed by atoms with E-state index in [4.69, 9.17) is 16.2 Å². The second kappa shape index (κ2) is 10.8. The molecule has 1 aliphatic heterocycles. The number of hydrogen-bond donors (Lipinski definition) is 1. The van der Waals surface area contributed by atoms with Crippen molar-refractivity contribution in [2.75, 3.05) is 12.4 Å². The third-order valence-electron chi connectivity index (χ3n) is 7.08. The van der Waals surface area contributed by atoms with Crippen molar-refractivity contribution in [1.82, 2.24) is 9.13 Å². The Hall–Kier alpha value is -5.13. The highest BCUT2D eigenvalue weighted by molar-refractivity contribution is 7.07. The lowest BCUT2D eigenvalue weighted by Gasteiger charge is -2.25. The monoisotopic (exact) mass is 558 g/mol. The number of para-hydroxylation sites is 2. The molecule has 0 saturated carbocycles. The van der Waals surface area contributed by atoms with E-state index in [0.717, 1.165) is 22.0 Å². The van der Waals surface area contributed by atoms with Crippen molar-refractivity contribution < 1.29 is 9.53 Å². The summed E-state index contributed by atoms with van der Waals surface area (Å²) in [6.07, 6.45) is 9.45. The lowest BCUT2D eigenvalue weighted by molar-refractivity contribution is -0.113. The molecule has 3 aromatic carbocycles. The summed E-state index contributed by atoms with van der Waals surface area (Å²) in [6.45, 7) is 2.22. The van der Waals surface area contributed by atoms with Crippen molar-refractivity contribution in [2.45, 2.75) is 19.5 Å². The van der Waals surface area contributed by atoms with Crippen LogP contribution in [0, 0.1) is 12.3 Å². The first-order valence-corrected chi connectivity index (χ1v) is 13.8. The fraction of sp³-hybridized carbons (Fsp3) is 0.121. The van der Waals surface area contributed by atoms with Crippen molar-refractivity contribution in [1.29, 1.82) is 0 Å². The van der Waals surface area contributed by atoms with Gasteiger partial charge in [0.15, 0.2) is 4.80 Å². The number of carbonyl (C=O) groups excluding carboxylic acids is 1. The average molecular weight is 559 g/mol. The lowest BCUT2D eigenvalue weighted by Crippen LogP contribution is -2.40. The van der Waals surface area contributed by atoms with Gasteiger partial charge in [-0.05, 0) is 48.9 Å². The number of carbonyl (C=O) groups is 1. The Morgan fingerprint density at radius 2 is 1.90 bits per heavy atom. The van der Waals surface area contributed by atoms with Gasteiger partial charge in [0.1, 0.15) is 5.75 Å². The van der Waals surface area contributed by atoms with Crippen LogP contribution in [0.3, 0.4) is 0 Å². The Balaban J connectivity index is 1.54. The number of allylic oxidation sites excluding steroid dienone is 1.